The highest BCUT2D eigenvalue weighted by Crippen LogP contribution is 2.21. The Labute approximate surface area is 148 Å². The molecule has 6 heteroatoms. The average Bonchev–Trinajstić information content (AvgIpc) is 2.88. The lowest BCUT2D eigenvalue weighted by atomic mass is 10.1. The van der Waals surface area contributed by atoms with Gasteiger partial charge in [0.2, 0.25) is 5.91 Å². The van der Waals surface area contributed by atoms with Gasteiger partial charge in [-0.3, -0.25) is 10.1 Å². The van der Waals surface area contributed by atoms with E-state index in [9.17, 15) is 9.18 Å². The van der Waals surface area contributed by atoms with Crippen LogP contribution in [0.25, 0.3) is 5.69 Å². The summed E-state index contributed by atoms with van der Waals surface area (Å²) in [6.07, 6.45) is 1.78. The van der Waals surface area contributed by atoms with Gasteiger partial charge in [-0.25, -0.2) is 9.07 Å². The number of hydrogen-bond acceptors (Lipinski definition) is 3. The average molecular weight is 346 g/mol. The van der Waals surface area contributed by atoms with E-state index in [0.29, 0.717) is 0 Å². The van der Waals surface area contributed by atoms with Crippen molar-refractivity contribution >= 4 is 5.91 Å². The predicted octanol–water partition coefficient (Wildman–Crippen LogP) is 3.27. The van der Waals surface area contributed by atoms with E-state index in [0.717, 1.165) is 16.9 Å². The molecule has 0 aliphatic heterocycles. The Morgan fingerprint density at radius 2 is 1.80 bits per heavy atom. The highest BCUT2D eigenvalue weighted by Gasteiger charge is 2.22. The molecule has 0 saturated heterocycles. The Hall–Kier alpha value is -2.21. The summed E-state index contributed by atoms with van der Waals surface area (Å²) in [7, 11) is 0. The van der Waals surface area contributed by atoms with Crippen molar-refractivity contribution in [2.24, 2.45) is 0 Å². The maximum atomic E-state index is 13.1. The van der Waals surface area contributed by atoms with E-state index >= 15 is 0 Å². The molecule has 0 aliphatic carbocycles. The summed E-state index contributed by atoms with van der Waals surface area (Å²) in [6.45, 7) is 11.7. The van der Waals surface area contributed by atoms with E-state index < -0.39 is 0 Å². The van der Waals surface area contributed by atoms with Crippen LogP contribution in [-0.2, 0) is 4.79 Å². The summed E-state index contributed by atoms with van der Waals surface area (Å²) in [4.78, 5) is 12.2. The van der Waals surface area contributed by atoms with Crippen molar-refractivity contribution in [3.8, 4) is 5.69 Å². The number of carbonyl (C=O) groups is 1. The van der Waals surface area contributed by atoms with Gasteiger partial charge in [0.05, 0.1) is 17.9 Å². The lowest BCUT2D eigenvalue weighted by Crippen LogP contribution is -2.50. The first-order valence-electron chi connectivity index (χ1n) is 8.47. The first-order chi connectivity index (χ1) is 11.6. The minimum absolute atomic E-state index is 0.0390. The van der Waals surface area contributed by atoms with Crippen LogP contribution >= 0.6 is 0 Å². The number of nitrogens with zero attached hydrogens (tertiary/aromatic N) is 2. The third-order valence-corrected chi connectivity index (χ3v) is 3.98. The highest BCUT2D eigenvalue weighted by atomic mass is 19.1. The Morgan fingerprint density at radius 1 is 1.20 bits per heavy atom. The molecule has 1 aromatic carbocycles. The van der Waals surface area contributed by atoms with E-state index in [4.69, 9.17) is 0 Å². The molecule has 5 nitrogen and oxygen atoms in total. The Bertz CT molecular complexity index is 731. The zero-order valence-electron chi connectivity index (χ0n) is 15.7. The zero-order chi connectivity index (χ0) is 18.8. The van der Waals surface area contributed by atoms with E-state index in [1.54, 1.807) is 23.0 Å². The maximum Gasteiger partial charge on any atom is 0.237 e. The number of amides is 1. The molecule has 2 rings (SSSR count). The predicted molar refractivity (Wildman–Crippen MR) is 97.2 cm³/mol. The molecule has 0 spiro atoms. The van der Waals surface area contributed by atoms with Gasteiger partial charge in [-0.05, 0) is 65.8 Å². The third kappa shape index (κ3) is 4.89. The number of carbonyl (C=O) groups excluding carboxylic acids is 1. The fourth-order valence-corrected chi connectivity index (χ4v) is 2.71. The van der Waals surface area contributed by atoms with Gasteiger partial charge in [-0.15, -0.1) is 0 Å². The second-order valence-electron chi connectivity index (χ2n) is 7.42. The molecule has 136 valence electrons. The molecule has 0 fully saturated rings. The van der Waals surface area contributed by atoms with Crippen LogP contribution in [0.5, 0.6) is 0 Å². The minimum atomic E-state index is -0.331. The van der Waals surface area contributed by atoms with Crippen LogP contribution in [0.1, 0.15) is 51.9 Å². The number of aromatic nitrogens is 2. The smallest absolute Gasteiger partial charge is 0.237 e. The van der Waals surface area contributed by atoms with Gasteiger partial charge >= 0.3 is 0 Å². The fraction of sp³-hybridized carbons (Fsp3) is 0.474. The topological polar surface area (TPSA) is 59.0 Å². The molecule has 0 aliphatic rings. The molecule has 1 heterocycles. The molecule has 2 atom stereocenters. The first kappa shape index (κ1) is 19.1. The standard InChI is InChI=1S/C19H27FN4O/c1-12(22-13(2)18(25)23-19(4,5)6)17-11-21-24(14(17)3)16-9-7-15(20)8-10-16/h7-13,22H,1-6H3,(H,23,25)/t12-,13+/m1/s1. The van der Waals surface area contributed by atoms with E-state index in [1.165, 1.54) is 12.1 Å². The first-order valence-corrected chi connectivity index (χ1v) is 8.47. The Balaban J connectivity index is 2.11. The number of rotatable bonds is 5. The van der Waals surface area contributed by atoms with Crippen LogP contribution in [0.15, 0.2) is 30.5 Å². The maximum absolute atomic E-state index is 13.1. The van der Waals surface area contributed by atoms with E-state index in [2.05, 4.69) is 15.7 Å². The second kappa shape index (κ2) is 7.35. The third-order valence-electron chi connectivity index (χ3n) is 3.98. The molecule has 25 heavy (non-hydrogen) atoms. The van der Waals surface area contributed by atoms with Crippen LogP contribution in [-0.4, -0.2) is 27.3 Å². The van der Waals surface area contributed by atoms with Crippen LogP contribution in [0.4, 0.5) is 4.39 Å². The Morgan fingerprint density at radius 3 is 2.36 bits per heavy atom. The lowest BCUT2D eigenvalue weighted by molar-refractivity contribution is -0.124. The summed E-state index contributed by atoms with van der Waals surface area (Å²) in [5.74, 6) is -0.314. The van der Waals surface area contributed by atoms with Crippen molar-refractivity contribution in [2.45, 2.75) is 59.2 Å². The van der Waals surface area contributed by atoms with Crippen LogP contribution < -0.4 is 10.6 Å². The van der Waals surface area contributed by atoms with Gasteiger partial charge in [0, 0.05) is 22.8 Å². The van der Waals surface area contributed by atoms with Crippen molar-refractivity contribution in [3.05, 3.63) is 47.5 Å². The molecule has 0 bridgehead atoms. The zero-order valence-corrected chi connectivity index (χ0v) is 15.7. The van der Waals surface area contributed by atoms with Gasteiger partial charge in [0.1, 0.15) is 5.82 Å². The minimum Gasteiger partial charge on any atom is -0.350 e. The van der Waals surface area contributed by atoms with Crippen molar-refractivity contribution < 1.29 is 9.18 Å². The van der Waals surface area contributed by atoms with Crippen molar-refractivity contribution in [1.82, 2.24) is 20.4 Å². The molecule has 1 amide bonds. The van der Waals surface area contributed by atoms with Crippen LogP contribution in [0, 0.1) is 12.7 Å². The number of halogens is 1. The van der Waals surface area contributed by atoms with Crippen LogP contribution in [0.3, 0.4) is 0 Å². The summed E-state index contributed by atoms with van der Waals surface area (Å²) in [6, 6.07) is 5.83. The lowest BCUT2D eigenvalue weighted by Gasteiger charge is -2.25. The summed E-state index contributed by atoms with van der Waals surface area (Å²) in [5.41, 5.74) is 2.49. The molecular formula is C19H27FN4O. The SMILES string of the molecule is Cc1c([C@@H](C)N[C@@H](C)C(=O)NC(C)(C)C)cnn1-c1ccc(F)cc1. The van der Waals surface area contributed by atoms with E-state index in [-0.39, 0.29) is 29.3 Å². The van der Waals surface area contributed by atoms with Gasteiger partial charge in [-0.2, -0.15) is 5.10 Å². The molecule has 0 saturated carbocycles. The molecule has 0 radical (unpaired) electrons. The monoisotopic (exact) mass is 346 g/mol. The number of hydrogen-bond donors (Lipinski definition) is 2. The van der Waals surface area contributed by atoms with Gasteiger partial charge in [0.15, 0.2) is 0 Å². The molecule has 2 N–H and O–H groups in total. The van der Waals surface area contributed by atoms with Crippen molar-refractivity contribution in [3.63, 3.8) is 0 Å². The number of benzene rings is 1. The van der Waals surface area contributed by atoms with Crippen molar-refractivity contribution in [2.75, 3.05) is 0 Å². The summed E-state index contributed by atoms with van der Waals surface area (Å²) < 4.78 is 14.9. The van der Waals surface area contributed by atoms with Crippen molar-refractivity contribution in [1.29, 1.82) is 0 Å². The van der Waals surface area contributed by atoms with E-state index in [1.807, 2.05) is 41.5 Å². The van der Waals surface area contributed by atoms with Gasteiger partial charge in [0.25, 0.3) is 0 Å². The normalized spacial score (nSPS) is 14.2. The quantitative estimate of drug-likeness (QED) is 0.873. The largest absolute Gasteiger partial charge is 0.350 e. The molecule has 1 aromatic heterocycles. The van der Waals surface area contributed by atoms with Gasteiger partial charge in [-0.1, -0.05) is 0 Å². The molecular weight excluding hydrogens is 319 g/mol. The van der Waals surface area contributed by atoms with Gasteiger partial charge < -0.3 is 5.32 Å². The molecule has 0 unspecified atom stereocenters. The highest BCUT2D eigenvalue weighted by molar-refractivity contribution is 5.82. The Kier molecular flexibility index (Phi) is 5.62. The second-order valence-corrected chi connectivity index (χ2v) is 7.42. The summed E-state index contributed by atoms with van der Waals surface area (Å²) in [5, 5.41) is 10.7. The number of nitrogens with one attached hydrogen (secondary N) is 2. The van der Waals surface area contributed by atoms with Crippen LogP contribution in [0.2, 0.25) is 0 Å². The molecule has 2 aromatic rings. The fourth-order valence-electron chi connectivity index (χ4n) is 2.71. The summed E-state index contributed by atoms with van der Waals surface area (Å²) >= 11 is 0.